The van der Waals surface area contributed by atoms with Crippen molar-refractivity contribution in [2.45, 2.75) is 31.1 Å². The van der Waals surface area contributed by atoms with Crippen LogP contribution in [0.3, 0.4) is 0 Å². The summed E-state index contributed by atoms with van der Waals surface area (Å²) < 4.78 is 7.23. The quantitative estimate of drug-likeness (QED) is 0.328. The van der Waals surface area contributed by atoms with Gasteiger partial charge in [-0.1, -0.05) is 30.3 Å². The molecule has 1 saturated heterocycles. The number of anilines is 1. The van der Waals surface area contributed by atoms with Gasteiger partial charge in [-0.2, -0.15) is 0 Å². The van der Waals surface area contributed by atoms with Crippen molar-refractivity contribution < 1.29 is 19.7 Å². The van der Waals surface area contributed by atoms with E-state index < -0.39 is 30.4 Å². The first-order chi connectivity index (χ1) is 16.6. The average molecular weight is 461 g/mol. The second kappa shape index (κ2) is 9.14. The molecular formula is C23H23N7O4. The Balaban J connectivity index is 1.57. The summed E-state index contributed by atoms with van der Waals surface area (Å²) in [6.07, 6.45) is -0.306. The number of likely N-dealkylation sites (N-methyl/N-ethyl adjacent to an activating group) is 1. The van der Waals surface area contributed by atoms with Crippen LogP contribution in [0.4, 0.5) is 5.82 Å². The molecule has 1 aliphatic rings. The number of pyridine rings is 1. The number of hydrogen-bond donors (Lipinski definition) is 4. The van der Waals surface area contributed by atoms with E-state index >= 15 is 0 Å². The van der Waals surface area contributed by atoms with Gasteiger partial charge in [-0.25, -0.2) is 15.0 Å². The summed E-state index contributed by atoms with van der Waals surface area (Å²) in [6, 6.07) is 13.5. The van der Waals surface area contributed by atoms with Crippen LogP contribution < -0.4 is 10.6 Å². The summed E-state index contributed by atoms with van der Waals surface area (Å²) >= 11 is 0. The van der Waals surface area contributed by atoms with Gasteiger partial charge >= 0.3 is 0 Å². The van der Waals surface area contributed by atoms with E-state index in [2.05, 4.69) is 30.6 Å². The van der Waals surface area contributed by atoms with Gasteiger partial charge < -0.3 is 25.6 Å². The maximum atomic E-state index is 12.1. The lowest BCUT2D eigenvalue weighted by molar-refractivity contribution is -0.137. The monoisotopic (exact) mass is 461 g/mol. The van der Waals surface area contributed by atoms with Crippen molar-refractivity contribution in [3.05, 3.63) is 66.7 Å². The van der Waals surface area contributed by atoms with E-state index in [0.29, 0.717) is 34.9 Å². The third-order valence-electron chi connectivity index (χ3n) is 5.66. The summed E-state index contributed by atoms with van der Waals surface area (Å²) in [7, 11) is 1.43. The molecule has 0 unspecified atom stereocenters. The van der Waals surface area contributed by atoms with Crippen molar-refractivity contribution in [1.29, 1.82) is 0 Å². The SMILES string of the molecule is CNC(=O)[C@H]1O[C@@H](n2cnc3c(NCc4ccccc4)nc(-c4cccnc4)nc32)[C@H](O)[C@@H]1O. The topological polar surface area (TPSA) is 147 Å². The fourth-order valence-corrected chi connectivity index (χ4v) is 3.88. The summed E-state index contributed by atoms with van der Waals surface area (Å²) in [6.45, 7) is 0.506. The fraction of sp³-hybridized carbons (Fsp3) is 0.261. The Bertz CT molecular complexity index is 1300. The molecule has 3 aromatic heterocycles. The molecule has 0 radical (unpaired) electrons. The number of carbonyl (C=O) groups excluding carboxylic acids is 1. The highest BCUT2D eigenvalue weighted by atomic mass is 16.6. The van der Waals surface area contributed by atoms with Gasteiger partial charge in [0.15, 0.2) is 35.1 Å². The van der Waals surface area contributed by atoms with Gasteiger partial charge in [0.05, 0.1) is 6.33 Å². The van der Waals surface area contributed by atoms with Crippen LogP contribution in [0, 0.1) is 0 Å². The lowest BCUT2D eigenvalue weighted by Crippen LogP contribution is -2.41. The molecule has 0 bridgehead atoms. The molecular weight excluding hydrogens is 438 g/mol. The van der Waals surface area contributed by atoms with Crippen LogP contribution in [-0.4, -0.2) is 66.0 Å². The number of fused-ring (bicyclic) bond motifs is 1. The first-order valence-electron chi connectivity index (χ1n) is 10.7. The second-order valence-electron chi connectivity index (χ2n) is 7.84. The van der Waals surface area contributed by atoms with Crippen molar-refractivity contribution in [1.82, 2.24) is 29.8 Å². The molecule has 1 aromatic carbocycles. The molecule has 0 spiro atoms. The zero-order valence-electron chi connectivity index (χ0n) is 18.2. The third-order valence-corrected chi connectivity index (χ3v) is 5.66. The summed E-state index contributed by atoms with van der Waals surface area (Å²) in [5.74, 6) is 0.352. The molecule has 1 fully saturated rings. The van der Waals surface area contributed by atoms with Crippen molar-refractivity contribution in [3.8, 4) is 11.4 Å². The van der Waals surface area contributed by atoms with E-state index in [1.54, 1.807) is 18.5 Å². The van der Waals surface area contributed by atoms with Crippen LogP contribution in [0.5, 0.6) is 0 Å². The lowest BCUT2D eigenvalue weighted by Gasteiger charge is -2.17. The number of aliphatic hydroxyl groups excluding tert-OH is 2. The van der Waals surface area contributed by atoms with E-state index in [9.17, 15) is 15.0 Å². The Labute approximate surface area is 194 Å². The van der Waals surface area contributed by atoms with E-state index in [0.717, 1.165) is 5.56 Å². The molecule has 174 valence electrons. The van der Waals surface area contributed by atoms with Gasteiger partial charge in [-0.3, -0.25) is 14.3 Å². The molecule has 1 amide bonds. The van der Waals surface area contributed by atoms with Gasteiger partial charge in [-0.05, 0) is 17.7 Å². The van der Waals surface area contributed by atoms with Crippen LogP contribution in [0.25, 0.3) is 22.6 Å². The molecule has 11 nitrogen and oxygen atoms in total. The van der Waals surface area contributed by atoms with Gasteiger partial charge in [0.2, 0.25) is 0 Å². The molecule has 4 heterocycles. The van der Waals surface area contributed by atoms with Crippen LogP contribution in [-0.2, 0) is 16.1 Å². The first kappa shape index (κ1) is 21.9. The molecule has 11 heteroatoms. The molecule has 5 rings (SSSR count). The lowest BCUT2D eigenvalue weighted by atomic mass is 10.1. The fourth-order valence-electron chi connectivity index (χ4n) is 3.88. The maximum absolute atomic E-state index is 12.1. The van der Waals surface area contributed by atoms with Gasteiger partial charge in [-0.15, -0.1) is 0 Å². The van der Waals surface area contributed by atoms with E-state index in [1.165, 1.54) is 17.9 Å². The number of amides is 1. The highest BCUT2D eigenvalue weighted by molar-refractivity contribution is 5.85. The largest absolute Gasteiger partial charge is 0.387 e. The smallest absolute Gasteiger partial charge is 0.251 e. The number of benzene rings is 1. The Morgan fingerprint density at radius 2 is 1.94 bits per heavy atom. The number of carbonyl (C=O) groups is 1. The van der Waals surface area contributed by atoms with Crippen molar-refractivity contribution in [2.24, 2.45) is 0 Å². The van der Waals surface area contributed by atoms with Crippen LogP contribution in [0.2, 0.25) is 0 Å². The summed E-state index contributed by atoms with van der Waals surface area (Å²) in [5.41, 5.74) is 2.58. The van der Waals surface area contributed by atoms with E-state index in [1.807, 2.05) is 36.4 Å². The number of imidazole rings is 1. The minimum atomic E-state index is -1.40. The van der Waals surface area contributed by atoms with Crippen LogP contribution >= 0.6 is 0 Å². The molecule has 1 aliphatic heterocycles. The molecule has 4 aromatic rings. The number of ether oxygens (including phenoxy) is 1. The number of nitrogens with one attached hydrogen (secondary N) is 2. The van der Waals surface area contributed by atoms with Gasteiger partial charge in [0, 0.05) is 31.5 Å². The normalized spacial score (nSPS) is 22.1. The molecule has 0 saturated carbocycles. The van der Waals surface area contributed by atoms with Gasteiger partial charge in [0.25, 0.3) is 5.91 Å². The minimum Gasteiger partial charge on any atom is -0.387 e. The zero-order valence-corrected chi connectivity index (χ0v) is 18.2. The Morgan fingerprint density at radius 1 is 1.12 bits per heavy atom. The zero-order chi connectivity index (χ0) is 23.7. The number of aliphatic hydroxyl groups is 2. The minimum absolute atomic E-state index is 0.373. The molecule has 4 atom stereocenters. The molecule has 34 heavy (non-hydrogen) atoms. The summed E-state index contributed by atoms with van der Waals surface area (Å²) in [4.78, 5) is 30.0. The van der Waals surface area contributed by atoms with Crippen molar-refractivity contribution >= 4 is 22.9 Å². The van der Waals surface area contributed by atoms with Crippen molar-refractivity contribution in [2.75, 3.05) is 12.4 Å². The molecule has 4 N–H and O–H groups in total. The predicted molar refractivity (Wildman–Crippen MR) is 122 cm³/mol. The average Bonchev–Trinajstić information content (AvgIpc) is 3.44. The highest BCUT2D eigenvalue weighted by Crippen LogP contribution is 2.33. The Kier molecular flexibility index (Phi) is 5.88. The summed E-state index contributed by atoms with van der Waals surface area (Å²) in [5, 5.41) is 26.8. The number of aromatic nitrogens is 5. The van der Waals surface area contributed by atoms with E-state index in [4.69, 9.17) is 4.74 Å². The molecule has 0 aliphatic carbocycles. The number of rotatable bonds is 6. The Morgan fingerprint density at radius 3 is 2.68 bits per heavy atom. The second-order valence-corrected chi connectivity index (χ2v) is 7.84. The third kappa shape index (κ3) is 3.96. The van der Waals surface area contributed by atoms with Crippen LogP contribution in [0.1, 0.15) is 11.8 Å². The van der Waals surface area contributed by atoms with Crippen molar-refractivity contribution in [3.63, 3.8) is 0 Å². The number of nitrogens with zero attached hydrogens (tertiary/aromatic N) is 5. The highest BCUT2D eigenvalue weighted by Gasteiger charge is 2.47. The van der Waals surface area contributed by atoms with Crippen LogP contribution in [0.15, 0.2) is 61.2 Å². The first-order valence-corrected chi connectivity index (χ1v) is 10.7. The van der Waals surface area contributed by atoms with E-state index in [-0.39, 0.29) is 0 Å². The number of hydrogen-bond acceptors (Lipinski definition) is 9. The maximum Gasteiger partial charge on any atom is 0.251 e. The van der Waals surface area contributed by atoms with Gasteiger partial charge in [0.1, 0.15) is 12.2 Å². The predicted octanol–water partition coefficient (Wildman–Crippen LogP) is 0.866. The standard InChI is InChI=1S/C23H23N7O4/c1-24-22(33)18-16(31)17(32)23(34-18)30-12-27-15-20(26-10-13-6-3-2-4-7-13)28-19(29-21(15)30)14-8-5-9-25-11-14/h2-9,11-12,16-18,23,31-32H,10H2,1H3,(H,24,33)(H,26,28,29)/t16-,17+,18-,23+/m0/s1. The Hall–Kier alpha value is -3.93.